The van der Waals surface area contributed by atoms with Crippen LogP contribution in [-0.4, -0.2) is 33.9 Å². The molecule has 3 aromatic rings. The monoisotopic (exact) mass is 321 g/mol. The lowest BCUT2D eigenvalue weighted by molar-refractivity contribution is 0.0658. The van der Waals surface area contributed by atoms with Gasteiger partial charge in [0, 0.05) is 24.7 Å². The summed E-state index contributed by atoms with van der Waals surface area (Å²) in [6.45, 7) is 1.54. The second kappa shape index (κ2) is 6.43. The minimum Gasteiger partial charge on any atom is -0.438 e. The summed E-state index contributed by atoms with van der Waals surface area (Å²) in [5.41, 5.74) is 2.40. The molecule has 0 saturated carbocycles. The van der Waals surface area contributed by atoms with E-state index in [1.807, 2.05) is 17.2 Å². The molecule has 4 rings (SSSR count). The highest BCUT2D eigenvalue weighted by Crippen LogP contribution is 2.26. The van der Waals surface area contributed by atoms with Gasteiger partial charge in [-0.15, -0.1) is 0 Å². The van der Waals surface area contributed by atoms with E-state index in [9.17, 15) is 4.79 Å². The van der Waals surface area contributed by atoms with E-state index in [1.165, 1.54) is 23.5 Å². The zero-order valence-electron chi connectivity index (χ0n) is 13.4. The summed E-state index contributed by atoms with van der Waals surface area (Å²) >= 11 is 0. The number of fused-ring (bicyclic) bond motifs is 1. The summed E-state index contributed by atoms with van der Waals surface area (Å²) < 4.78 is 5.11. The molecule has 1 fully saturated rings. The van der Waals surface area contributed by atoms with Crippen molar-refractivity contribution in [1.29, 1.82) is 0 Å². The third-order valence-corrected chi connectivity index (χ3v) is 4.79. The van der Waals surface area contributed by atoms with Gasteiger partial charge in [-0.3, -0.25) is 9.78 Å². The Morgan fingerprint density at radius 1 is 1.21 bits per heavy atom. The van der Waals surface area contributed by atoms with Crippen LogP contribution in [0.1, 0.15) is 29.0 Å². The normalized spacial score (nSPS) is 15.8. The van der Waals surface area contributed by atoms with Gasteiger partial charge in [-0.1, -0.05) is 18.2 Å². The van der Waals surface area contributed by atoms with E-state index in [4.69, 9.17) is 4.42 Å². The van der Waals surface area contributed by atoms with Crippen molar-refractivity contribution < 1.29 is 9.21 Å². The van der Waals surface area contributed by atoms with Gasteiger partial charge in [0.25, 0.3) is 5.91 Å². The van der Waals surface area contributed by atoms with E-state index >= 15 is 0 Å². The third kappa shape index (κ3) is 2.89. The number of pyridine rings is 1. The Bertz CT molecular complexity index is 831. The van der Waals surface area contributed by atoms with Crippen LogP contribution in [0.4, 0.5) is 0 Å². The first-order chi connectivity index (χ1) is 11.8. The van der Waals surface area contributed by atoms with Crippen LogP contribution in [0.25, 0.3) is 10.9 Å². The fraction of sp³-hybridized carbons (Fsp3) is 0.316. The maximum atomic E-state index is 12.3. The number of hydrogen-bond acceptors (Lipinski definition) is 4. The average molecular weight is 321 g/mol. The highest BCUT2D eigenvalue weighted by Gasteiger charge is 2.25. The van der Waals surface area contributed by atoms with Crippen molar-refractivity contribution in [2.24, 2.45) is 5.92 Å². The fourth-order valence-electron chi connectivity index (χ4n) is 3.47. The van der Waals surface area contributed by atoms with Gasteiger partial charge in [-0.05, 0) is 42.9 Å². The van der Waals surface area contributed by atoms with Crippen molar-refractivity contribution in [2.45, 2.75) is 19.3 Å². The number of carbonyl (C=O) groups excluding carboxylic acids is 1. The van der Waals surface area contributed by atoms with E-state index in [0.717, 1.165) is 37.9 Å². The molecule has 0 spiro atoms. The largest absolute Gasteiger partial charge is 0.438 e. The minimum atomic E-state index is -0.0553. The van der Waals surface area contributed by atoms with Crippen molar-refractivity contribution in [3.8, 4) is 0 Å². The smallest absolute Gasteiger partial charge is 0.291 e. The molecular formula is C19H19N3O2. The van der Waals surface area contributed by atoms with E-state index in [2.05, 4.69) is 34.2 Å². The predicted octanol–water partition coefficient (Wildman–Crippen LogP) is 3.32. The Hall–Kier alpha value is -2.69. The number of oxazole rings is 1. The third-order valence-electron chi connectivity index (χ3n) is 4.79. The molecule has 122 valence electrons. The molecule has 0 N–H and O–H groups in total. The molecule has 24 heavy (non-hydrogen) atoms. The standard InChI is InChI=1S/C19H19N3O2/c23-19(18-12-20-13-24-18)22-9-6-14(7-10-22)11-15-3-1-5-17-16(15)4-2-8-21-17/h1-5,8,12-14H,6-7,9-11H2. The quantitative estimate of drug-likeness (QED) is 0.742. The molecule has 1 aliphatic rings. The van der Waals surface area contributed by atoms with Crippen LogP contribution in [0.5, 0.6) is 0 Å². The van der Waals surface area contributed by atoms with Crippen LogP contribution in [0, 0.1) is 5.92 Å². The lowest BCUT2D eigenvalue weighted by Crippen LogP contribution is -2.38. The second-order valence-electron chi connectivity index (χ2n) is 6.29. The maximum absolute atomic E-state index is 12.3. The van der Waals surface area contributed by atoms with Crippen molar-refractivity contribution in [2.75, 3.05) is 13.1 Å². The van der Waals surface area contributed by atoms with Crippen molar-refractivity contribution >= 4 is 16.8 Å². The fourth-order valence-corrected chi connectivity index (χ4v) is 3.47. The lowest BCUT2D eigenvalue weighted by Gasteiger charge is -2.31. The number of benzene rings is 1. The van der Waals surface area contributed by atoms with Crippen molar-refractivity contribution in [1.82, 2.24) is 14.9 Å². The summed E-state index contributed by atoms with van der Waals surface area (Å²) in [6.07, 6.45) is 7.67. The van der Waals surface area contributed by atoms with E-state index in [-0.39, 0.29) is 5.91 Å². The first-order valence-corrected chi connectivity index (χ1v) is 8.31. The number of rotatable bonds is 3. The van der Waals surface area contributed by atoms with Crippen LogP contribution in [0.15, 0.2) is 53.5 Å². The molecule has 0 unspecified atom stereocenters. The van der Waals surface area contributed by atoms with Crippen LogP contribution in [-0.2, 0) is 6.42 Å². The predicted molar refractivity (Wildman–Crippen MR) is 90.6 cm³/mol. The summed E-state index contributed by atoms with van der Waals surface area (Å²) in [4.78, 5) is 22.4. The number of aromatic nitrogens is 2. The molecule has 3 heterocycles. The molecule has 0 atom stereocenters. The van der Waals surface area contributed by atoms with E-state index < -0.39 is 0 Å². The Morgan fingerprint density at radius 2 is 2.08 bits per heavy atom. The molecule has 0 bridgehead atoms. The Kier molecular flexibility index (Phi) is 3.99. The van der Waals surface area contributed by atoms with Gasteiger partial charge in [0.15, 0.2) is 6.39 Å². The average Bonchev–Trinajstić information content (AvgIpc) is 3.17. The van der Waals surface area contributed by atoms with Crippen LogP contribution in [0.3, 0.4) is 0 Å². The molecule has 1 aliphatic heterocycles. The second-order valence-corrected chi connectivity index (χ2v) is 6.29. The van der Waals surface area contributed by atoms with Gasteiger partial charge < -0.3 is 9.32 Å². The Morgan fingerprint density at radius 3 is 2.88 bits per heavy atom. The van der Waals surface area contributed by atoms with E-state index in [1.54, 1.807) is 0 Å². The number of nitrogens with zero attached hydrogens (tertiary/aromatic N) is 3. The molecule has 0 radical (unpaired) electrons. The van der Waals surface area contributed by atoms with Gasteiger partial charge in [0.2, 0.25) is 5.76 Å². The molecule has 1 aromatic carbocycles. The SMILES string of the molecule is O=C(c1cnco1)N1CCC(Cc2cccc3ncccc23)CC1. The van der Waals surface area contributed by atoms with Crippen molar-refractivity contribution in [3.63, 3.8) is 0 Å². The summed E-state index contributed by atoms with van der Waals surface area (Å²) in [6, 6.07) is 10.4. The van der Waals surface area contributed by atoms with Gasteiger partial charge in [-0.25, -0.2) is 4.98 Å². The van der Waals surface area contributed by atoms with E-state index in [0.29, 0.717) is 11.7 Å². The zero-order valence-corrected chi connectivity index (χ0v) is 13.4. The molecule has 5 nitrogen and oxygen atoms in total. The molecule has 2 aromatic heterocycles. The topological polar surface area (TPSA) is 59.2 Å². The lowest BCUT2D eigenvalue weighted by atomic mass is 9.88. The van der Waals surface area contributed by atoms with Gasteiger partial charge in [0.1, 0.15) is 0 Å². The molecule has 5 heteroatoms. The van der Waals surface area contributed by atoms with Crippen LogP contribution < -0.4 is 0 Å². The maximum Gasteiger partial charge on any atom is 0.291 e. The minimum absolute atomic E-state index is 0.0553. The first kappa shape index (κ1) is 14.9. The molecule has 1 saturated heterocycles. The Balaban J connectivity index is 1.42. The molecular weight excluding hydrogens is 302 g/mol. The summed E-state index contributed by atoms with van der Waals surface area (Å²) in [5.74, 6) is 0.864. The number of likely N-dealkylation sites (tertiary alicyclic amines) is 1. The molecule has 1 amide bonds. The number of hydrogen-bond donors (Lipinski definition) is 0. The summed E-state index contributed by atoms with van der Waals surface area (Å²) in [7, 11) is 0. The number of piperidine rings is 1. The molecule has 0 aliphatic carbocycles. The first-order valence-electron chi connectivity index (χ1n) is 8.31. The van der Waals surface area contributed by atoms with Gasteiger partial charge in [0.05, 0.1) is 11.7 Å². The number of amides is 1. The van der Waals surface area contributed by atoms with Crippen molar-refractivity contribution in [3.05, 3.63) is 60.4 Å². The summed E-state index contributed by atoms with van der Waals surface area (Å²) in [5, 5.41) is 1.24. The highest BCUT2D eigenvalue weighted by atomic mass is 16.3. The Labute approximate surface area is 140 Å². The van der Waals surface area contributed by atoms with Crippen LogP contribution >= 0.6 is 0 Å². The van der Waals surface area contributed by atoms with Crippen LogP contribution in [0.2, 0.25) is 0 Å². The van der Waals surface area contributed by atoms with Gasteiger partial charge >= 0.3 is 0 Å². The number of carbonyl (C=O) groups is 1. The highest BCUT2D eigenvalue weighted by molar-refractivity contribution is 5.91. The van der Waals surface area contributed by atoms with Gasteiger partial charge in [-0.2, -0.15) is 0 Å². The zero-order chi connectivity index (χ0) is 16.4.